The third kappa shape index (κ3) is 7.00. The van der Waals surface area contributed by atoms with Gasteiger partial charge in [-0.1, -0.05) is 48.9 Å². The van der Waals surface area contributed by atoms with Crippen molar-refractivity contribution in [3.05, 3.63) is 112 Å². The van der Waals surface area contributed by atoms with Crippen molar-refractivity contribution in [3.8, 4) is 0 Å². The van der Waals surface area contributed by atoms with Crippen LogP contribution in [0.2, 0.25) is 0 Å². The highest BCUT2D eigenvalue weighted by atomic mass is 19.1. The zero-order valence-corrected chi connectivity index (χ0v) is 23.5. The molecule has 8 heteroatoms. The predicted octanol–water partition coefficient (Wildman–Crippen LogP) is 6.64. The van der Waals surface area contributed by atoms with Crippen LogP contribution in [0.25, 0.3) is 10.9 Å². The summed E-state index contributed by atoms with van der Waals surface area (Å²) < 4.78 is 16.5. The molecule has 1 N–H and O–H groups in total. The van der Waals surface area contributed by atoms with Crippen molar-refractivity contribution >= 4 is 22.5 Å². The van der Waals surface area contributed by atoms with Crippen LogP contribution in [0.5, 0.6) is 0 Å². The quantitative estimate of drug-likeness (QED) is 0.128. The minimum atomic E-state index is -0.477. The van der Waals surface area contributed by atoms with Gasteiger partial charge >= 0.3 is 0 Å². The molecule has 1 aliphatic heterocycles. The van der Waals surface area contributed by atoms with Crippen LogP contribution in [0.4, 0.5) is 10.1 Å². The molecule has 2 heterocycles. The summed E-state index contributed by atoms with van der Waals surface area (Å²) in [5.74, 6) is -0.989. The number of nitro groups is 1. The highest BCUT2D eigenvalue weighted by molar-refractivity contribution is 5.88. The molecule has 2 atom stereocenters. The zero-order chi connectivity index (χ0) is 28.8. The Morgan fingerprint density at radius 3 is 2.68 bits per heavy atom. The summed E-state index contributed by atoms with van der Waals surface area (Å²) >= 11 is 0. The van der Waals surface area contributed by atoms with E-state index in [2.05, 4.69) is 17.1 Å². The number of carbonyl (C=O) groups is 1. The number of carbonyl (C=O) groups excluding carboxylic acids is 1. The monoisotopic (exact) mass is 556 g/mol. The van der Waals surface area contributed by atoms with Crippen molar-refractivity contribution in [3.63, 3.8) is 0 Å². The molecule has 1 amide bonds. The van der Waals surface area contributed by atoms with Crippen LogP contribution in [0.15, 0.2) is 79.0 Å². The van der Waals surface area contributed by atoms with E-state index in [1.807, 2.05) is 47.2 Å². The molecule has 0 radical (unpaired) electrons. The smallest absolute Gasteiger partial charge is 0.270 e. The first-order valence-corrected chi connectivity index (χ1v) is 14.5. The lowest BCUT2D eigenvalue weighted by atomic mass is 9.88. The second-order valence-electron chi connectivity index (χ2n) is 11.1. The number of non-ortho nitro benzene ring substituents is 1. The van der Waals surface area contributed by atoms with Crippen molar-refractivity contribution in [1.29, 1.82) is 0 Å². The lowest BCUT2D eigenvalue weighted by Gasteiger charge is -2.33. The number of likely N-dealkylation sites (tertiary alicyclic amines) is 1. The molecule has 1 saturated heterocycles. The molecule has 1 fully saturated rings. The molecule has 41 heavy (non-hydrogen) atoms. The topological polar surface area (TPSA) is 80.4 Å². The molecule has 4 aromatic rings. The van der Waals surface area contributed by atoms with E-state index in [4.69, 9.17) is 0 Å². The fourth-order valence-electron chi connectivity index (χ4n) is 6.00. The standard InChI is InChI=1S/C33H37FN4O3/c1-24-9-5-6-17-36(24)18-8-16-35-33(39)21-29(26-12-7-13-27(34)19-26)31-23-37(22-25-10-3-2-4-11-25)32-15-14-28(38(40)41)20-30(31)32/h2-4,7,10-15,19-20,23-24,29H,5-6,8-9,16-18,21-22H2,1H3,(H,35,39). The van der Waals surface area contributed by atoms with Crippen LogP contribution in [-0.2, 0) is 11.3 Å². The summed E-state index contributed by atoms with van der Waals surface area (Å²) in [4.78, 5) is 27.0. The van der Waals surface area contributed by atoms with Crippen LogP contribution >= 0.6 is 0 Å². The van der Waals surface area contributed by atoms with E-state index in [1.54, 1.807) is 18.2 Å². The van der Waals surface area contributed by atoms with Crippen molar-refractivity contribution < 1.29 is 14.1 Å². The van der Waals surface area contributed by atoms with Gasteiger partial charge in [0.1, 0.15) is 5.82 Å². The third-order valence-electron chi connectivity index (χ3n) is 8.20. The summed E-state index contributed by atoms with van der Waals surface area (Å²) in [5, 5.41) is 15.4. The molecular weight excluding hydrogens is 519 g/mol. The fraction of sp³-hybridized carbons (Fsp3) is 0.364. The number of aromatic nitrogens is 1. The first kappa shape index (κ1) is 28.5. The van der Waals surface area contributed by atoms with Crippen molar-refractivity contribution in [1.82, 2.24) is 14.8 Å². The summed E-state index contributed by atoms with van der Waals surface area (Å²) in [6, 6.07) is 21.6. The second kappa shape index (κ2) is 13.1. The normalized spacial score (nSPS) is 16.5. The Hall–Kier alpha value is -4.04. The van der Waals surface area contributed by atoms with Gasteiger partial charge in [0, 0.05) is 67.2 Å². The Balaban J connectivity index is 1.43. The molecule has 5 rings (SSSR count). The predicted molar refractivity (Wildman–Crippen MR) is 160 cm³/mol. The van der Waals surface area contributed by atoms with Gasteiger partial charge in [0.05, 0.1) is 4.92 Å². The fourth-order valence-corrected chi connectivity index (χ4v) is 6.00. The minimum Gasteiger partial charge on any atom is -0.356 e. The number of nitrogens with one attached hydrogen (secondary N) is 1. The van der Waals surface area contributed by atoms with E-state index in [0.717, 1.165) is 36.2 Å². The maximum Gasteiger partial charge on any atom is 0.270 e. The van der Waals surface area contributed by atoms with Crippen LogP contribution in [-0.4, -0.2) is 46.0 Å². The van der Waals surface area contributed by atoms with Crippen LogP contribution in [0.3, 0.4) is 0 Å². The average Bonchev–Trinajstić information content (AvgIpc) is 3.32. The van der Waals surface area contributed by atoms with Gasteiger partial charge < -0.3 is 14.8 Å². The molecule has 1 aromatic heterocycles. The highest BCUT2D eigenvalue weighted by Crippen LogP contribution is 2.37. The number of nitro benzene ring substituents is 1. The van der Waals surface area contributed by atoms with Crippen LogP contribution < -0.4 is 5.32 Å². The number of benzene rings is 3. The molecule has 2 unspecified atom stereocenters. The zero-order valence-electron chi connectivity index (χ0n) is 23.5. The molecular formula is C33H37FN4O3. The number of rotatable bonds is 11. The lowest BCUT2D eigenvalue weighted by molar-refractivity contribution is -0.384. The van der Waals surface area contributed by atoms with E-state index in [1.165, 1.54) is 37.5 Å². The van der Waals surface area contributed by atoms with E-state index in [0.29, 0.717) is 30.1 Å². The van der Waals surface area contributed by atoms with Gasteiger partial charge in [-0.3, -0.25) is 14.9 Å². The molecule has 0 spiro atoms. The summed E-state index contributed by atoms with van der Waals surface area (Å²) in [7, 11) is 0. The first-order chi connectivity index (χ1) is 19.9. The maximum atomic E-state index is 14.4. The third-order valence-corrected chi connectivity index (χ3v) is 8.20. The number of hydrogen-bond acceptors (Lipinski definition) is 4. The van der Waals surface area contributed by atoms with Gasteiger partial charge in [0.15, 0.2) is 0 Å². The molecule has 0 bridgehead atoms. The summed E-state index contributed by atoms with van der Waals surface area (Å²) in [6.07, 6.45) is 6.66. The largest absolute Gasteiger partial charge is 0.356 e. The maximum absolute atomic E-state index is 14.4. The molecule has 3 aromatic carbocycles. The van der Waals surface area contributed by atoms with E-state index in [9.17, 15) is 19.3 Å². The average molecular weight is 557 g/mol. The molecule has 1 aliphatic rings. The van der Waals surface area contributed by atoms with E-state index in [-0.39, 0.29) is 23.8 Å². The number of amides is 1. The number of halogens is 1. The van der Waals surface area contributed by atoms with Gasteiger partial charge in [0.25, 0.3) is 5.69 Å². The van der Waals surface area contributed by atoms with Crippen molar-refractivity contribution in [2.75, 3.05) is 19.6 Å². The summed E-state index contributed by atoms with van der Waals surface area (Å²) in [5.41, 5.74) is 3.31. The molecule has 0 saturated carbocycles. The Kier molecular flexibility index (Phi) is 9.09. The Labute approximate surface area is 240 Å². The SMILES string of the molecule is CC1CCCCN1CCCNC(=O)CC(c1cccc(F)c1)c1cn(Cc2ccccc2)c2ccc([N+](=O)[O-])cc12. The molecule has 7 nitrogen and oxygen atoms in total. The lowest BCUT2D eigenvalue weighted by Crippen LogP contribution is -2.39. The number of hydrogen-bond donors (Lipinski definition) is 1. The highest BCUT2D eigenvalue weighted by Gasteiger charge is 2.25. The van der Waals surface area contributed by atoms with Crippen molar-refractivity contribution in [2.24, 2.45) is 0 Å². The van der Waals surface area contributed by atoms with Gasteiger partial charge in [-0.15, -0.1) is 0 Å². The minimum absolute atomic E-state index is 0.0226. The Bertz CT molecular complexity index is 1500. The Morgan fingerprint density at radius 2 is 1.93 bits per heavy atom. The molecule has 0 aliphatic carbocycles. The van der Waals surface area contributed by atoms with Crippen molar-refractivity contribution in [2.45, 2.75) is 57.5 Å². The van der Waals surface area contributed by atoms with Crippen LogP contribution in [0, 0.1) is 15.9 Å². The van der Waals surface area contributed by atoms with Gasteiger partial charge in [-0.2, -0.15) is 0 Å². The first-order valence-electron chi connectivity index (χ1n) is 14.5. The Morgan fingerprint density at radius 1 is 1.10 bits per heavy atom. The molecule has 214 valence electrons. The second-order valence-corrected chi connectivity index (χ2v) is 11.1. The number of fused-ring (bicyclic) bond motifs is 1. The van der Waals surface area contributed by atoms with Gasteiger partial charge in [-0.25, -0.2) is 4.39 Å². The van der Waals surface area contributed by atoms with E-state index >= 15 is 0 Å². The number of nitrogens with zero attached hydrogens (tertiary/aromatic N) is 3. The van der Waals surface area contributed by atoms with Gasteiger partial charge in [0.2, 0.25) is 5.91 Å². The van der Waals surface area contributed by atoms with Gasteiger partial charge in [-0.05, 0) is 67.6 Å². The van der Waals surface area contributed by atoms with Crippen LogP contribution in [0.1, 0.15) is 61.6 Å². The van der Waals surface area contributed by atoms with E-state index < -0.39 is 10.8 Å². The summed E-state index contributed by atoms with van der Waals surface area (Å²) in [6.45, 7) is 5.45. The number of piperidine rings is 1.